The Balaban J connectivity index is 0. The molecule has 3 atom stereocenters. The van der Waals surface area contributed by atoms with Crippen molar-refractivity contribution >= 4 is 69.8 Å². The number of phosphoric ester groups is 1. The maximum Gasteiger partial charge on any atom is 2.00 e. The summed E-state index contributed by atoms with van der Waals surface area (Å²) in [4.78, 5) is 73.4. The third-order valence-corrected chi connectivity index (χ3v) is 9.48. The summed E-state index contributed by atoms with van der Waals surface area (Å²) in [6, 6.07) is 0. The molecule has 0 aliphatic heterocycles. The molecule has 14 nitrogen and oxygen atoms in total. The first kappa shape index (κ1) is 56.9. The largest absolute Gasteiger partial charge is 2.00 e. The van der Waals surface area contributed by atoms with E-state index in [0.29, 0.717) is 12.8 Å². The van der Waals surface area contributed by atoms with Gasteiger partial charge in [0.2, 0.25) is 0 Å². The molecule has 0 saturated heterocycles. The predicted molar refractivity (Wildman–Crippen MR) is 211 cm³/mol. The molecule has 0 radical (unpaired) electrons. The maximum absolute atomic E-state index is 13.1. The van der Waals surface area contributed by atoms with E-state index in [1.54, 1.807) is 13.8 Å². The smallest absolute Gasteiger partial charge is 0.790 e. The van der Waals surface area contributed by atoms with Crippen molar-refractivity contribution in [2.45, 2.75) is 207 Å². The van der Waals surface area contributed by atoms with Crippen LogP contribution in [0.2, 0.25) is 0 Å². The zero-order valence-corrected chi connectivity index (χ0v) is 38.2. The molecule has 0 aromatic carbocycles. The maximum atomic E-state index is 13.1. The number of carbonyl (C=O) groups is 4. The third kappa shape index (κ3) is 37.1. The number of rotatable bonds is 37. The predicted octanol–water partition coefficient (Wildman–Crippen LogP) is 8.78. The molecule has 0 N–H and O–H groups in total. The Kier molecular flexibility index (Phi) is 40.0. The van der Waals surface area contributed by atoms with Crippen LogP contribution in [0.25, 0.3) is 0 Å². The number of esters is 2. The van der Waals surface area contributed by atoms with Crippen molar-refractivity contribution in [2.75, 3.05) is 26.4 Å². The van der Waals surface area contributed by atoms with Gasteiger partial charge in [-0.05, 0) is 26.7 Å². The summed E-state index contributed by atoms with van der Waals surface area (Å²) >= 11 is 0. The summed E-state index contributed by atoms with van der Waals surface area (Å²) < 4.78 is 47.3. The Morgan fingerprint density at radius 2 is 0.857 bits per heavy atom. The van der Waals surface area contributed by atoms with E-state index >= 15 is 0 Å². The molecular weight excluding hydrogens is 775 g/mol. The van der Waals surface area contributed by atoms with Gasteiger partial charge >= 0.3 is 62.0 Å². The summed E-state index contributed by atoms with van der Waals surface area (Å²) in [6.45, 7) is 5.98. The van der Waals surface area contributed by atoms with Gasteiger partial charge in [-0.25, -0.2) is 9.59 Å². The average molecular weight is 849 g/mol. The van der Waals surface area contributed by atoms with Gasteiger partial charge in [0.15, 0.2) is 6.10 Å². The van der Waals surface area contributed by atoms with Crippen molar-refractivity contribution in [1.82, 2.24) is 0 Å². The van der Waals surface area contributed by atoms with Crippen LogP contribution in [0.4, 0.5) is 9.59 Å². The SMILES string of the molecule is CCCCCCCCCCCCCC(=O)OC(CC(COC(=O)OCC)OC(=O)OCC)[C@@H](COP(=O)([O-])[O-])OC(=O)CCCCCCCCCCCCC.[Ca+2]. The van der Waals surface area contributed by atoms with Crippen molar-refractivity contribution in [3.05, 3.63) is 0 Å². The summed E-state index contributed by atoms with van der Waals surface area (Å²) in [7, 11) is -5.55. The number of phosphoric acid groups is 1. The molecule has 0 aliphatic carbocycles. The van der Waals surface area contributed by atoms with Crippen LogP contribution in [-0.4, -0.2) is 107 Å². The fourth-order valence-electron chi connectivity index (χ4n) is 6.00. The zero-order valence-electron chi connectivity index (χ0n) is 35.1. The van der Waals surface area contributed by atoms with Crippen molar-refractivity contribution in [1.29, 1.82) is 0 Å². The van der Waals surface area contributed by atoms with E-state index in [9.17, 15) is 33.5 Å². The van der Waals surface area contributed by atoms with Crippen LogP contribution in [0, 0.1) is 0 Å². The number of carbonyl (C=O) groups excluding carboxylic acids is 4. The fourth-order valence-corrected chi connectivity index (χ4v) is 6.33. The van der Waals surface area contributed by atoms with E-state index in [-0.39, 0.29) is 63.8 Å². The first-order chi connectivity index (χ1) is 26.4. The summed E-state index contributed by atoms with van der Waals surface area (Å²) in [6.07, 6.45) is 16.7. The van der Waals surface area contributed by atoms with Gasteiger partial charge in [-0.1, -0.05) is 142 Å². The molecule has 324 valence electrons. The molecule has 0 fully saturated rings. The van der Waals surface area contributed by atoms with E-state index < -0.39 is 70.0 Å². The molecule has 16 heteroatoms. The standard InChI is InChI=1S/C40H75O14P.Ca/c1-5-9-11-13-15-17-19-21-23-25-27-29-37(41)53-35(31-34(52-40(44)49-8-4)32-50-39(43)48-7-3)36(33-51-55(45,46)47)54-38(42)30-28-26-24-22-20-18-16-14-12-10-6-2;/h34-36H,5-33H2,1-4H3,(H2,45,46,47);/q;+2/p-2/t34?,35?,36-;/m1./s1. The zero-order chi connectivity index (χ0) is 41.0. The number of unbranched alkanes of at least 4 members (excludes halogenated alkanes) is 20. The number of hydrogen-bond donors (Lipinski definition) is 0. The molecule has 0 heterocycles. The van der Waals surface area contributed by atoms with Crippen LogP contribution in [-0.2, 0) is 47.1 Å². The molecule has 0 rings (SSSR count). The molecule has 0 aromatic heterocycles. The van der Waals surface area contributed by atoms with Crippen molar-refractivity contribution < 1.29 is 66.5 Å². The van der Waals surface area contributed by atoms with E-state index in [0.717, 1.165) is 51.4 Å². The topological polar surface area (TPSA) is 196 Å². The van der Waals surface area contributed by atoms with Gasteiger partial charge in [-0.15, -0.1) is 0 Å². The van der Waals surface area contributed by atoms with Crippen LogP contribution in [0.5, 0.6) is 0 Å². The Morgan fingerprint density at radius 3 is 1.25 bits per heavy atom. The minimum Gasteiger partial charge on any atom is -0.790 e. The second-order valence-electron chi connectivity index (χ2n) is 14.0. The van der Waals surface area contributed by atoms with E-state index in [1.807, 2.05) is 0 Å². The normalized spacial score (nSPS) is 12.8. The van der Waals surface area contributed by atoms with Crippen molar-refractivity contribution in [2.24, 2.45) is 0 Å². The van der Waals surface area contributed by atoms with Gasteiger partial charge in [-0.2, -0.15) is 0 Å². The van der Waals surface area contributed by atoms with Crippen LogP contribution >= 0.6 is 7.82 Å². The van der Waals surface area contributed by atoms with Crippen LogP contribution in [0.15, 0.2) is 0 Å². The first-order valence-electron chi connectivity index (χ1n) is 21.1. The monoisotopic (exact) mass is 848 g/mol. The summed E-state index contributed by atoms with van der Waals surface area (Å²) in [5, 5.41) is 0. The van der Waals surface area contributed by atoms with Gasteiger partial charge in [-0.3, -0.25) is 9.59 Å². The third-order valence-electron chi connectivity index (χ3n) is 9.02. The Bertz CT molecular complexity index is 1030. The molecule has 0 spiro atoms. The van der Waals surface area contributed by atoms with E-state index in [4.69, 9.17) is 28.4 Å². The number of hydrogen-bond acceptors (Lipinski definition) is 14. The Morgan fingerprint density at radius 1 is 0.482 bits per heavy atom. The van der Waals surface area contributed by atoms with Crippen molar-refractivity contribution in [3.8, 4) is 0 Å². The molecular formula is C40H73CaO14P. The quantitative estimate of drug-likeness (QED) is 0.0189. The molecule has 0 aromatic rings. The van der Waals surface area contributed by atoms with Crippen LogP contribution in [0.3, 0.4) is 0 Å². The average Bonchev–Trinajstić information content (AvgIpc) is 3.13. The molecule has 0 amide bonds. The van der Waals surface area contributed by atoms with E-state index in [1.165, 1.54) is 77.0 Å². The molecule has 56 heavy (non-hydrogen) atoms. The number of ether oxygens (including phenoxy) is 6. The van der Waals surface area contributed by atoms with E-state index in [2.05, 4.69) is 18.4 Å². The van der Waals surface area contributed by atoms with Gasteiger partial charge in [0.05, 0.1) is 27.6 Å². The van der Waals surface area contributed by atoms with Gasteiger partial charge < -0.3 is 47.3 Å². The fraction of sp³-hybridized carbons (Fsp3) is 0.900. The van der Waals surface area contributed by atoms with Crippen molar-refractivity contribution in [3.63, 3.8) is 0 Å². The summed E-state index contributed by atoms with van der Waals surface area (Å²) in [5.74, 6) is -1.39. The summed E-state index contributed by atoms with van der Waals surface area (Å²) in [5.41, 5.74) is 0. The van der Waals surface area contributed by atoms with Crippen LogP contribution < -0.4 is 9.79 Å². The minimum absolute atomic E-state index is 0. The Labute approximate surface area is 367 Å². The molecule has 0 bridgehead atoms. The second-order valence-corrected chi connectivity index (χ2v) is 15.2. The van der Waals surface area contributed by atoms with Gasteiger partial charge in [0.1, 0.15) is 18.8 Å². The molecule has 0 aliphatic rings. The van der Waals surface area contributed by atoms with Crippen LogP contribution in [0.1, 0.15) is 188 Å². The first-order valence-corrected chi connectivity index (χ1v) is 22.6. The molecule has 2 unspecified atom stereocenters. The minimum atomic E-state index is -5.55. The Hall–Kier alpha value is -1.15. The molecule has 0 saturated carbocycles. The van der Waals surface area contributed by atoms with Gasteiger partial charge in [0, 0.05) is 19.3 Å². The van der Waals surface area contributed by atoms with Gasteiger partial charge in [0.25, 0.3) is 0 Å². The second kappa shape index (κ2) is 39.3.